The van der Waals surface area contributed by atoms with Gasteiger partial charge in [-0.15, -0.1) is 0 Å². The fourth-order valence-corrected chi connectivity index (χ4v) is 2.42. The molecule has 0 aliphatic rings. The number of H-pyrrole nitrogens is 1. The van der Waals surface area contributed by atoms with Gasteiger partial charge in [0.05, 0.1) is 17.2 Å². The molecule has 3 heterocycles. The Labute approximate surface area is 136 Å². The van der Waals surface area contributed by atoms with Gasteiger partial charge in [0.1, 0.15) is 5.65 Å². The summed E-state index contributed by atoms with van der Waals surface area (Å²) in [6.45, 7) is 2.19. The summed E-state index contributed by atoms with van der Waals surface area (Å²) in [6, 6.07) is 1.62. The van der Waals surface area contributed by atoms with Gasteiger partial charge in [0.15, 0.2) is 0 Å². The molecule has 0 saturated carbocycles. The number of hydrogen-bond donors (Lipinski definition) is 2. The van der Waals surface area contributed by atoms with E-state index in [2.05, 4.69) is 25.4 Å². The molecule has 3 aromatic heterocycles. The molecule has 0 aromatic carbocycles. The van der Waals surface area contributed by atoms with E-state index in [-0.39, 0.29) is 17.8 Å². The number of amides is 1. The highest BCUT2D eigenvalue weighted by molar-refractivity contribution is 6.37. The van der Waals surface area contributed by atoms with Crippen LogP contribution in [0.25, 0.3) is 22.4 Å². The number of rotatable bonds is 5. The van der Waals surface area contributed by atoms with E-state index < -0.39 is 5.91 Å². The summed E-state index contributed by atoms with van der Waals surface area (Å²) in [7, 11) is 1.56. The zero-order valence-corrected chi connectivity index (χ0v) is 13.2. The predicted molar refractivity (Wildman–Crippen MR) is 83.2 cm³/mol. The van der Waals surface area contributed by atoms with Gasteiger partial charge in [-0.3, -0.25) is 4.79 Å². The zero-order chi connectivity index (χ0) is 16.4. The first kappa shape index (κ1) is 15.4. The van der Waals surface area contributed by atoms with Crippen LogP contribution in [-0.2, 0) is 4.74 Å². The molecule has 3 aromatic rings. The summed E-state index contributed by atoms with van der Waals surface area (Å²) in [4.78, 5) is 23.3. The lowest BCUT2D eigenvalue weighted by atomic mass is 10.2. The van der Waals surface area contributed by atoms with Gasteiger partial charge in [0.25, 0.3) is 0 Å². The van der Waals surface area contributed by atoms with Crippen molar-refractivity contribution >= 4 is 28.5 Å². The maximum Gasteiger partial charge on any atom is 0.316 e. The van der Waals surface area contributed by atoms with Crippen LogP contribution in [0.4, 0.5) is 0 Å². The molecular weight excluding hydrogens is 322 g/mol. The van der Waals surface area contributed by atoms with Crippen molar-refractivity contribution in [1.29, 1.82) is 0 Å². The fraction of sp³-hybridized carbons (Fsp3) is 0.286. The first-order valence-electron chi connectivity index (χ1n) is 6.85. The van der Waals surface area contributed by atoms with Crippen LogP contribution in [0.5, 0.6) is 0 Å². The Morgan fingerprint density at radius 1 is 1.57 bits per heavy atom. The third kappa shape index (κ3) is 3.03. The quantitative estimate of drug-likeness (QED) is 0.739. The van der Waals surface area contributed by atoms with Crippen LogP contribution < -0.4 is 5.32 Å². The highest BCUT2D eigenvalue weighted by atomic mass is 35.5. The molecule has 23 heavy (non-hydrogen) atoms. The van der Waals surface area contributed by atoms with Crippen molar-refractivity contribution < 1.29 is 14.1 Å². The summed E-state index contributed by atoms with van der Waals surface area (Å²) >= 11 is 6.33. The van der Waals surface area contributed by atoms with Crippen molar-refractivity contribution in [2.45, 2.75) is 13.0 Å². The molecule has 0 saturated heterocycles. The Balaban J connectivity index is 1.86. The number of carbonyl (C=O) groups excluding carboxylic acids is 1. The number of ether oxygens (including phenoxy) is 1. The van der Waals surface area contributed by atoms with E-state index in [1.54, 1.807) is 26.3 Å². The topological polar surface area (TPSA) is 106 Å². The lowest BCUT2D eigenvalue weighted by Gasteiger charge is -2.10. The van der Waals surface area contributed by atoms with Crippen LogP contribution in [0.1, 0.15) is 17.6 Å². The monoisotopic (exact) mass is 335 g/mol. The minimum Gasteiger partial charge on any atom is -0.383 e. The molecule has 0 spiro atoms. The number of methoxy groups -OCH3 is 1. The van der Waals surface area contributed by atoms with Gasteiger partial charge < -0.3 is 19.6 Å². The molecule has 0 fully saturated rings. The number of nitrogens with zero attached hydrogens (tertiary/aromatic N) is 3. The number of fused-ring (bicyclic) bond motifs is 1. The molecule has 0 bridgehead atoms. The van der Waals surface area contributed by atoms with E-state index in [0.717, 1.165) is 5.39 Å². The first-order valence-corrected chi connectivity index (χ1v) is 7.23. The molecule has 0 aliphatic carbocycles. The van der Waals surface area contributed by atoms with Crippen molar-refractivity contribution in [3.8, 4) is 11.4 Å². The van der Waals surface area contributed by atoms with Gasteiger partial charge in [-0.2, -0.15) is 4.98 Å². The fourth-order valence-electron chi connectivity index (χ4n) is 2.13. The summed E-state index contributed by atoms with van der Waals surface area (Å²) in [5, 5.41) is 7.67. The van der Waals surface area contributed by atoms with E-state index >= 15 is 0 Å². The van der Waals surface area contributed by atoms with Crippen molar-refractivity contribution in [2.75, 3.05) is 13.7 Å². The third-order valence-corrected chi connectivity index (χ3v) is 3.58. The summed E-state index contributed by atoms with van der Waals surface area (Å²) in [5.41, 5.74) is 1.15. The summed E-state index contributed by atoms with van der Waals surface area (Å²) in [5.74, 6) is -0.413. The number of hydrogen-bond acceptors (Lipinski definition) is 6. The normalized spacial score (nSPS) is 12.5. The molecule has 2 N–H and O–H groups in total. The maximum atomic E-state index is 12.0. The molecular formula is C14H14ClN5O3. The molecule has 8 nitrogen and oxygen atoms in total. The number of nitrogens with one attached hydrogen (secondary N) is 2. The highest BCUT2D eigenvalue weighted by Gasteiger charge is 2.20. The van der Waals surface area contributed by atoms with Crippen molar-refractivity contribution in [3.05, 3.63) is 29.4 Å². The number of halogens is 1. The number of aromatic nitrogens is 4. The van der Waals surface area contributed by atoms with Gasteiger partial charge >= 0.3 is 11.8 Å². The third-order valence-electron chi connectivity index (χ3n) is 3.18. The van der Waals surface area contributed by atoms with Gasteiger partial charge in [-0.25, -0.2) is 4.98 Å². The minimum atomic E-state index is -0.472. The Bertz CT molecular complexity index is 844. The molecule has 3 rings (SSSR count). The predicted octanol–water partition coefficient (Wildman–Crippen LogP) is 2.03. The first-order chi connectivity index (χ1) is 11.1. The van der Waals surface area contributed by atoms with Gasteiger partial charge in [-0.05, 0) is 13.0 Å². The number of pyridine rings is 1. The summed E-state index contributed by atoms with van der Waals surface area (Å²) in [6.07, 6.45) is 3.26. The van der Waals surface area contributed by atoms with E-state index in [0.29, 0.717) is 22.8 Å². The van der Waals surface area contributed by atoms with Crippen LogP contribution in [0.3, 0.4) is 0 Å². The number of aromatic amines is 1. The maximum absolute atomic E-state index is 12.0. The van der Waals surface area contributed by atoms with Gasteiger partial charge in [0, 0.05) is 30.9 Å². The van der Waals surface area contributed by atoms with Crippen LogP contribution in [0.15, 0.2) is 23.0 Å². The van der Waals surface area contributed by atoms with Crippen molar-refractivity contribution in [1.82, 2.24) is 25.4 Å². The second-order valence-electron chi connectivity index (χ2n) is 4.98. The van der Waals surface area contributed by atoms with Crippen LogP contribution >= 0.6 is 11.6 Å². The zero-order valence-electron chi connectivity index (χ0n) is 12.5. The van der Waals surface area contributed by atoms with E-state index in [1.165, 1.54) is 6.20 Å². The van der Waals surface area contributed by atoms with Crippen molar-refractivity contribution in [3.63, 3.8) is 0 Å². The minimum absolute atomic E-state index is 0.145. The molecule has 0 aliphatic heterocycles. The second-order valence-corrected chi connectivity index (χ2v) is 5.36. The Kier molecular flexibility index (Phi) is 4.26. The molecule has 1 atom stereocenters. The van der Waals surface area contributed by atoms with Crippen molar-refractivity contribution in [2.24, 2.45) is 0 Å². The molecule has 0 radical (unpaired) electrons. The highest BCUT2D eigenvalue weighted by Crippen LogP contribution is 2.31. The average Bonchev–Trinajstić information content (AvgIpc) is 3.17. The average molecular weight is 336 g/mol. The lowest BCUT2D eigenvalue weighted by molar-refractivity contribution is 0.0862. The molecule has 1 amide bonds. The Morgan fingerprint density at radius 2 is 2.39 bits per heavy atom. The van der Waals surface area contributed by atoms with Crippen LogP contribution in [0, 0.1) is 0 Å². The lowest BCUT2D eigenvalue weighted by Crippen LogP contribution is -2.35. The smallest absolute Gasteiger partial charge is 0.316 e. The van der Waals surface area contributed by atoms with Crippen LogP contribution in [0.2, 0.25) is 5.02 Å². The molecule has 1 unspecified atom stereocenters. The van der Waals surface area contributed by atoms with Gasteiger partial charge in [-0.1, -0.05) is 16.8 Å². The van der Waals surface area contributed by atoms with E-state index in [9.17, 15) is 4.79 Å². The summed E-state index contributed by atoms with van der Waals surface area (Å²) < 4.78 is 9.95. The SMILES string of the molecule is COCC(C)NC(=O)c1nc(-c2cnc3[nH]ccc3c2Cl)no1. The van der Waals surface area contributed by atoms with E-state index in [1.807, 2.05) is 0 Å². The van der Waals surface area contributed by atoms with Crippen LogP contribution in [-0.4, -0.2) is 45.8 Å². The van der Waals surface area contributed by atoms with E-state index in [4.69, 9.17) is 20.9 Å². The Morgan fingerprint density at radius 3 is 3.17 bits per heavy atom. The molecule has 9 heteroatoms. The molecule has 120 valence electrons. The van der Waals surface area contributed by atoms with Gasteiger partial charge in [0.2, 0.25) is 5.82 Å². The number of carbonyl (C=O) groups is 1. The largest absolute Gasteiger partial charge is 0.383 e. The standard InChI is InChI=1S/C14H14ClN5O3/c1-7(6-22-2)18-13(21)14-19-12(20-23-14)9-5-17-11-8(10(9)15)3-4-16-11/h3-5,7H,6H2,1-2H3,(H,16,17)(H,18,21). The Hall–Kier alpha value is -2.45. The second kappa shape index (κ2) is 6.35.